The first-order valence-corrected chi connectivity index (χ1v) is 4.38. The van der Waals surface area contributed by atoms with E-state index in [2.05, 4.69) is 6.92 Å². The lowest BCUT2D eigenvalue weighted by Crippen LogP contribution is -2.05. The number of aliphatic hydroxyl groups excluding tert-OH is 1. The van der Waals surface area contributed by atoms with E-state index in [1.807, 2.05) is 0 Å². The molecule has 0 aromatic heterocycles. The largest absolute Gasteiger partial charge is 0.433 e. The zero-order valence-electron chi connectivity index (χ0n) is 7.24. The summed E-state index contributed by atoms with van der Waals surface area (Å²) >= 11 is 5.73. The fourth-order valence-electron chi connectivity index (χ4n) is 1.20. The highest BCUT2D eigenvalue weighted by molar-refractivity contribution is 6.30. The van der Waals surface area contributed by atoms with Crippen LogP contribution in [0.15, 0.2) is 30.0 Å². The highest BCUT2D eigenvalue weighted by Crippen LogP contribution is 2.29. The van der Waals surface area contributed by atoms with E-state index in [-0.39, 0.29) is 0 Å². The predicted octanol–water partition coefficient (Wildman–Crippen LogP) is 2.17. The van der Waals surface area contributed by atoms with Crippen LogP contribution in [0.1, 0.15) is 5.56 Å². The summed E-state index contributed by atoms with van der Waals surface area (Å²) in [5, 5.41) is 9.67. The Bertz CT molecular complexity index is 369. The van der Waals surface area contributed by atoms with Gasteiger partial charge in [-0.25, -0.2) is 0 Å². The van der Waals surface area contributed by atoms with Gasteiger partial charge in [0.25, 0.3) is 0 Å². The summed E-state index contributed by atoms with van der Waals surface area (Å²) in [4.78, 5) is 0. The third-order valence-corrected chi connectivity index (χ3v) is 2.07. The Labute approximate surface area is 86.5 Å². The zero-order chi connectivity index (χ0) is 10.1. The lowest BCUT2D eigenvalue weighted by Gasteiger charge is -2.04. The molecule has 1 unspecified atom stereocenters. The second-order valence-corrected chi connectivity index (χ2v) is 3.24. The fraction of sp³-hybridized carbons (Fsp3) is 0.100. The zero-order valence-corrected chi connectivity index (χ0v) is 7.99. The molecule has 1 aromatic rings. The summed E-state index contributed by atoms with van der Waals surface area (Å²) in [6.45, 7) is 2.35. The predicted molar refractivity (Wildman–Crippen MR) is 51.9 cm³/mol. The van der Waals surface area contributed by atoms with Gasteiger partial charge in [0.05, 0.1) is 0 Å². The van der Waals surface area contributed by atoms with Crippen LogP contribution < -0.4 is 0 Å². The minimum atomic E-state index is -1.26. The smallest absolute Gasteiger partial charge is 0.358 e. The van der Waals surface area contributed by atoms with Crippen LogP contribution in [0.25, 0.3) is 5.76 Å². The molecule has 0 fully saturated rings. The number of allylic oxidation sites excluding steroid dienone is 1. The maximum atomic E-state index is 9.03. The van der Waals surface area contributed by atoms with Crippen molar-refractivity contribution in [1.82, 2.24) is 0 Å². The van der Waals surface area contributed by atoms with E-state index >= 15 is 0 Å². The average Bonchev–Trinajstić information content (AvgIpc) is 2.47. The maximum Gasteiger partial charge on any atom is 0.358 e. The number of hydrogen-bond donors (Lipinski definition) is 1. The van der Waals surface area contributed by atoms with E-state index in [9.17, 15) is 0 Å². The molecule has 1 radical (unpaired) electrons. The minimum Gasteiger partial charge on any atom is -0.433 e. The summed E-state index contributed by atoms with van der Waals surface area (Å²) < 4.78 is 9.83. The van der Waals surface area contributed by atoms with E-state index in [1.54, 1.807) is 24.3 Å². The number of rotatable bonds is 1. The third kappa shape index (κ3) is 1.69. The van der Waals surface area contributed by atoms with E-state index in [1.165, 1.54) is 0 Å². The van der Waals surface area contributed by atoms with Crippen molar-refractivity contribution >= 4 is 17.4 Å². The molecule has 3 nitrogen and oxygen atoms in total. The standard InChI is InChI=1S/C10H8ClO3/c1-6-9(14-10(12)13-6)7-2-4-8(11)5-3-7/h2-5,10,12H,1H2. The van der Waals surface area contributed by atoms with Crippen molar-refractivity contribution in [1.29, 1.82) is 0 Å². The van der Waals surface area contributed by atoms with Crippen molar-refractivity contribution in [3.63, 3.8) is 0 Å². The molecule has 4 heteroatoms. The molecule has 73 valence electrons. The number of hydrogen-bond acceptors (Lipinski definition) is 3. The molecule has 1 heterocycles. The van der Waals surface area contributed by atoms with Gasteiger partial charge in [-0.2, -0.15) is 0 Å². The molecule has 14 heavy (non-hydrogen) atoms. The van der Waals surface area contributed by atoms with Gasteiger partial charge in [0.15, 0.2) is 5.76 Å². The first-order chi connectivity index (χ1) is 6.66. The van der Waals surface area contributed by atoms with Gasteiger partial charge >= 0.3 is 6.48 Å². The van der Waals surface area contributed by atoms with E-state index in [0.717, 1.165) is 5.56 Å². The summed E-state index contributed by atoms with van der Waals surface area (Å²) in [6.07, 6.45) is 0. The van der Waals surface area contributed by atoms with Crippen molar-refractivity contribution in [2.24, 2.45) is 0 Å². The summed E-state index contributed by atoms with van der Waals surface area (Å²) in [5.41, 5.74) is 0.774. The van der Waals surface area contributed by atoms with Gasteiger partial charge in [-0.05, 0) is 24.3 Å². The molecule has 2 rings (SSSR count). The van der Waals surface area contributed by atoms with Crippen LogP contribution >= 0.6 is 11.6 Å². The SMILES string of the molecule is [CH2]C1=C(c2ccc(Cl)cc2)OC(O)O1. The van der Waals surface area contributed by atoms with Crippen molar-refractivity contribution in [2.45, 2.75) is 6.48 Å². The lowest BCUT2D eigenvalue weighted by atomic mass is 10.2. The lowest BCUT2D eigenvalue weighted by molar-refractivity contribution is -0.181. The highest BCUT2D eigenvalue weighted by atomic mass is 35.5. The van der Waals surface area contributed by atoms with Gasteiger partial charge in [-0.1, -0.05) is 11.6 Å². The topological polar surface area (TPSA) is 38.7 Å². The number of aliphatic hydroxyl groups is 1. The molecule has 0 aliphatic carbocycles. The molecule has 0 saturated heterocycles. The average molecular weight is 212 g/mol. The normalized spacial score (nSPS) is 20.6. The highest BCUT2D eigenvalue weighted by Gasteiger charge is 2.23. The van der Waals surface area contributed by atoms with Gasteiger partial charge in [0.1, 0.15) is 5.76 Å². The van der Waals surface area contributed by atoms with Gasteiger partial charge in [-0.15, -0.1) is 0 Å². The quantitative estimate of drug-likeness (QED) is 0.774. The molecule has 1 N–H and O–H groups in total. The van der Waals surface area contributed by atoms with Gasteiger partial charge in [-0.3, -0.25) is 0 Å². The van der Waals surface area contributed by atoms with E-state index in [0.29, 0.717) is 16.5 Å². The molecular weight excluding hydrogens is 204 g/mol. The molecule has 0 saturated carbocycles. The fourth-order valence-corrected chi connectivity index (χ4v) is 1.32. The number of benzene rings is 1. The molecule has 1 atom stereocenters. The molecule has 0 amide bonds. The minimum absolute atomic E-state index is 0.319. The Balaban J connectivity index is 2.32. The maximum absolute atomic E-state index is 9.03. The van der Waals surface area contributed by atoms with E-state index in [4.69, 9.17) is 26.2 Å². The molecule has 0 bridgehead atoms. The third-order valence-electron chi connectivity index (χ3n) is 1.82. The van der Waals surface area contributed by atoms with Crippen LogP contribution in [0.3, 0.4) is 0 Å². The second-order valence-electron chi connectivity index (χ2n) is 2.80. The van der Waals surface area contributed by atoms with Crippen LogP contribution in [0.5, 0.6) is 0 Å². The first kappa shape index (κ1) is 9.37. The first-order valence-electron chi connectivity index (χ1n) is 4.00. The molecular formula is C10H8ClO3. The number of ether oxygens (including phenoxy) is 2. The Morgan fingerprint density at radius 1 is 1.21 bits per heavy atom. The molecule has 1 aliphatic heterocycles. The van der Waals surface area contributed by atoms with E-state index < -0.39 is 6.48 Å². The second kappa shape index (κ2) is 3.52. The van der Waals surface area contributed by atoms with Crippen molar-refractivity contribution in [2.75, 3.05) is 0 Å². The van der Waals surface area contributed by atoms with Crippen LogP contribution in [0, 0.1) is 6.92 Å². The van der Waals surface area contributed by atoms with Crippen LogP contribution in [-0.4, -0.2) is 11.6 Å². The van der Waals surface area contributed by atoms with Crippen LogP contribution in [0.2, 0.25) is 5.02 Å². The molecule has 1 aliphatic rings. The summed E-state index contributed by atoms with van der Waals surface area (Å²) in [7, 11) is 0. The van der Waals surface area contributed by atoms with Crippen molar-refractivity contribution in [3.05, 3.63) is 47.5 Å². The Morgan fingerprint density at radius 3 is 2.36 bits per heavy atom. The molecule has 1 aromatic carbocycles. The Kier molecular flexibility index (Phi) is 2.35. The van der Waals surface area contributed by atoms with Crippen LogP contribution in [0.4, 0.5) is 0 Å². The van der Waals surface area contributed by atoms with Gasteiger partial charge in [0, 0.05) is 17.5 Å². The number of halogens is 1. The van der Waals surface area contributed by atoms with Gasteiger partial charge < -0.3 is 14.6 Å². The summed E-state index contributed by atoms with van der Waals surface area (Å²) in [6, 6.07) is 6.99. The van der Waals surface area contributed by atoms with Crippen LogP contribution in [-0.2, 0) is 9.47 Å². The molecule has 0 spiro atoms. The monoisotopic (exact) mass is 211 g/mol. The summed E-state index contributed by atoms with van der Waals surface area (Å²) in [5.74, 6) is 0.758. The van der Waals surface area contributed by atoms with Gasteiger partial charge in [0.2, 0.25) is 0 Å². The van der Waals surface area contributed by atoms with Crippen molar-refractivity contribution < 1.29 is 14.6 Å². The van der Waals surface area contributed by atoms with Crippen molar-refractivity contribution in [3.8, 4) is 0 Å². The Morgan fingerprint density at radius 2 is 1.86 bits per heavy atom. The Hall–Kier alpha value is -1.19.